The van der Waals surface area contributed by atoms with Gasteiger partial charge in [-0.25, -0.2) is 4.98 Å². The third kappa shape index (κ3) is 3.28. The van der Waals surface area contributed by atoms with Crippen molar-refractivity contribution in [3.63, 3.8) is 0 Å². The van der Waals surface area contributed by atoms with Crippen LogP contribution >= 0.6 is 15.9 Å². The van der Waals surface area contributed by atoms with Crippen molar-refractivity contribution in [3.05, 3.63) is 51.5 Å². The summed E-state index contributed by atoms with van der Waals surface area (Å²) in [6.45, 7) is 2.01. The Balaban J connectivity index is 1.82. The van der Waals surface area contributed by atoms with E-state index < -0.39 is 0 Å². The lowest BCUT2D eigenvalue weighted by molar-refractivity contribution is 0.552. The fraction of sp³-hybridized carbons (Fsp3) is 0.273. The average Bonchev–Trinajstić information content (AvgIpc) is 2.83. The second-order valence-electron chi connectivity index (χ2n) is 3.55. The van der Waals surface area contributed by atoms with Crippen molar-refractivity contribution in [2.75, 3.05) is 6.54 Å². The number of aromatic nitrogens is 2. The number of furan rings is 1. The number of halogens is 1. The largest absolute Gasteiger partial charge is 0.472 e. The fourth-order valence-electron chi connectivity index (χ4n) is 1.41. The van der Waals surface area contributed by atoms with Gasteiger partial charge in [-0.3, -0.25) is 9.36 Å². The van der Waals surface area contributed by atoms with Crippen LogP contribution in [0.2, 0.25) is 0 Å². The molecule has 0 radical (unpaired) electrons. The number of hydrogen-bond acceptors (Lipinski definition) is 4. The van der Waals surface area contributed by atoms with E-state index in [0.29, 0.717) is 17.6 Å². The standard InChI is InChI=1S/C11H12BrN3O2/c12-10-6-14-8-15(11(10)16)3-2-13-5-9-1-4-17-7-9/h1,4,6-8,13H,2-3,5H2. The molecule has 0 saturated heterocycles. The molecule has 0 bridgehead atoms. The maximum Gasteiger partial charge on any atom is 0.267 e. The Hall–Kier alpha value is -1.40. The van der Waals surface area contributed by atoms with Gasteiger partial charge in [-0.15, -0.1) is 0 Å². The van der Waals surface area contributed by atoms with Crippen LogP contribution < -0.4 is 10.9 Å². The second kappa shape index (κ2) is 5.79. The van der Waals surface area contributed by atoms with E-state index in [9.17, 15) is 4.79 Å². The fourth-order valence-corrected chi connectivity index (χ4v) is 1.75. The first-order valence-electron chi connectivity index (χ1n) is 5.19. The first kappa shape index (κ1) is 12.1. The monoisotopic (exact) mass is 297 g/mol. The van der Waals surface area contributed by atoms with Gasteiger partial charge in [-0.1, -0.05) is 0 Å². The Morgan fingerprint density at radius 2 is 2.41 bits per heavy atom. The van der Waals surface area contributed by atoms with Crippen LogP contribution in [0.25, 0.3) is 0 Å². The Morgan fingerprint density at radius 1 is 1.53 bits per heavy atom. The molecule has 6 heteroatoms. The lowest BCUT2D eigenvalue weighted by atomic mass is 10.3. The van der Waals surface area contributed by atoms with Crippen molar-refractivity contribution in [3.8, 4) is 0 Å². The van der Waals surface area contributed by atoms with Gasteiger partial charge in [0, 0.05) is 31.4 Å². The molecule has 0 atom stereocenters. The predicted octanol–water partition coefficient (Wildman–Crippen LogP) is 1.39. The lowest BCUT2D eigenvalue weighted by Crippen LogP contribution is -2.27. The highest BCUT2D eigenvalue weighted by Gasteiger charge is 2.00. The predicted molar refractivity (Wildman–Crippen MR) is 66.6 cm³/mol. The quantitative estimate of drug-likeness (QED) is 0.847. The Labute approximate surface area is 107 Å². The third-order valence-electron chi connectivity index (χ3n) is 2.30. The molecular weight excluding hydrogens is 286 g/mol. The van der Waals surface area contributed by atoms with Crippen molar-refractivity contribution >= 4 is 15.9 Å². The highest BCUT2D eigenvalue weighted by molar-refractivity contribution is 9.10. The number of hydrogen-bond donors (Lipinski definition) is 1. The molecule has 2 aromatic heterocycles. The van der Waals surface area contributed by atoms with Gasteiger partial charge in [0.05, 0.1) is 18.9 Å². The van der Waals surface area contributed by atoms with Crippen LogP contribution in [0.4, 0.5) is 0 Å². The molecule has 90 valence electrons. The van der Waals surface area contributed by atoms with E-state index in [4.69, 9.17) is 4.42 Å². The Kier molecular flexibility index (Phi) is 4.11. The summed E-state index contributed by atoms with van der Waals surface area (Å²) in [7, 11) is 0. The highest BCUT2D eigenvalue weighted by atomic mass is 79.9. The molecule has 0 fully saturated rings. The van der Waals surface area contributed by atoms with Gasteiger partial charge >= 0.3 is 0 Å². The zero-order chi connectivity index (χ0) is 12.1. The smallest absolute Gasteiger partial charge is 0.267 e. The van der Waals surface area contributed by atoms with Crippen LogP contribution in [0.3, 0.4) is 0 Å². The van der Waals surface area contributed by atoms with Crippen molar-refractivity contribution < 1.29 is 4.42 Å². The Bertz CT molecular complexity index is 522. The van der Waals surface area contributed by atoms with E-state index in [1.54, 1.807) is 17.1 Å². The van der Waals surface area contributed by atoms with Crippen molar-refractivity contribution in [1.82, 2.24) is 14.9 Å². The van der Waals surface area contributed by atoms with E-state index in [2.05, 4.69) is 26.2 Å². The molecule has 0 aromatic carbocycles. The van der Waals surface area contributed by atoms with E-state index in [1.807, 2.05) is 6.07 Å². The molecule has 0 unspecified atom stereocenters. The van der Waals surface area contributed by atoms with Crippen LogP contribution in [0.5, 0.6) is 0 Å². The van der Waals surface area contributed by atoms with Crippen LogP contribution in [-0.2, 0) is 13.1 Å². The summed E-state index contributed by atoms with van der Waals surface area (Å²) in [5, 5.41) is 3.22. The van der Waals surface area contributed by atoms with Gasteiger partial charge in [0.1, 0.15) is 4.47 Å². The molecule has 0 saturated carbocycles. The molecule has 0 spiro atoms. The van der Waals surface area contributed by atoms with Crippen LogP contribution in [0.15, 0.2) is 44.8 Å². The zero-order valence-electron chi connectivity index (χ0n) is 9.10. The molecular formula is C11H12BrN3O2. The van der Waals surface area contributed by atoms with E-state index >= 15 is 0 Å². The normalized spacial score (nSPS) is 10.6. The van der Waals surface area contributed by atoms with E-state index in [0.717, 1.165) is 12.1 Å². The van der Waals surface area contributed by atoms with Gasteiger partial charge in [-0.2, -0.15) is 0 Å². The Morgan fingerprint density at radius 3 is 3.18 bits per heavy atom. The number of nitrogens with one attached hydrogen (secondary N) is 1. The summed E-state index contributed by atoms with van der Waals surface area (Å²) in [5.41, 5.74) is 1.02. The van der Waals surface area contributed by atoms with Crippen LogP contribution in [-0.4, -0.2) is 16.1 Å². The minimum Gasteiger partial charge on any atom is -0.472 e. The molecule has 5 nitrogen and oxygen atoms in total. The molecule has 1 N–H and O–H groups in total. The van der Waals surface area contributed by atoms with Gasteiger partial charge in [0.25, 0.3) is 5.56 Å². The summed E-state index contributed by atoms with van der Waals surface area (Å²) in [6.07, 6.45) is 6.37. The zero-order valence-corrected chi connectivity index (χ0v) is 10.7. The molecule has 0 aliphatic heterocycles. The summed E-state index contributed by atoms with van der Waals surface area (Å²) in [5.74, 6) is 0. The van der Waals surface area contributed by atoms with Gasteiger partial charge in [0.2, 0.25) is 0 Å². The molecule has 2 aromatic rings. The summed E-state index contributed by atoms with van der Waals surface area (Å²) < 4.78 is 7.00. The average molecular weight is 298 g/mol. The summed E-state index contributed by atoms with van der Waals surface area (Å²) in [4.78, 5) is 15.6. The van der Waals surface area contributed by atoms with E-state index in [-0.39, 0.29) is 5.56 Å². The van der Waals surface area contributed by atoms with Crippen LogP contribution in [0.1, 0.15) is 5.56 Å². The topological polar surface area (TPSA) is 60.1 Å². The molecule has 2 rings (SSSR count). The first-order valence-corrected chi connectivity index (χ1v) is 5.98. The lowest BCUT2D eigenvalue weighted by Gasteiger charge is -2.06. The van der Waals surface area contributed by atoms with E-state index in [1.165, 1.54) is 12.5 Å². The first-order chi connectivity index (χ1) is 8.27. The van der Waals surface area contributed by atoms with Gasteiger partial charge in [0.15, 0.2) is 0 Å². The van der Waals surface area contributed by atoms with Crippen molar-refractivity contribution in [1.29, 1.82) is 0 Å². The highest BCUT2D eigenvalue weighted by Crippen LogP contribution is 1.99. The summed E-state index contributed by atoms with van der Waals surface area (Å²) >= 11 is 3.16. The SMILES string of the molecule is O=c1c(Br)cncn1CCNCc1ccoc1. The van der Waals surface area contributed by atoms with Gasteiger partial charge in [-0.05, 0) is 22.0 Å². The van der Waals surface area contributed by atoms with Crippen molar-refractivity contribution in [2.45, 2.75) is 13.1 Å². The molecule has 0 amide bonds. The number of rotatable bonds is 5. The second-order valence-corrected chi connectivity index (χ2v) is 4.40. The molecule has 0 aliphatic carbocycles. The molecule has 17 heavy (non-hydrogen) atoms. The minimum absolute atomic E-state index is 0.0647. The molecule has 2 heterocycles. The third-order valence-corrected chi connectivity index (χ3v) is 2.84. The summed E-state index contributed by atoms with van der Waals surface area (Å²) in [6, 6.07) is 1.90. The maximum atomic E-state index is 11.6. The molecule has 0 aliphatic rings. The van der Waals surface area contributed by atoms with Crippen molar-refractivity contribution in [2.24, 2.45) is 0 Å². The minimum atomic E-state index is -0.0647. The maximum absolute atomic E-state index is 11.6. The van der Waals surface area contributed by atoms with Crippen LogP contribution in [0, 0.1) is 0 Å². The number of nitrogens with zero attached hydrogens (tertiary/aromatic N) is 2. The van der Waals surface area contributed by atoms with Gasteiger partial charge < -0.3 is 9.73 Å².